The summed E-state index contributed by atoms with van der Waals surface area (Å²) in [7, 11) is 5.34. The molecule has 1 aromatic carbocycles. The largest absolute Gasteiger partial charge is 0.493 e. The van der Waals surface area contributed by atoms with Crippen LogP contribution in [0.1, 0.15) is 0 Å². The predicted octanol–water partition coefficient (Wildman–Crippen LogP) is 1.38. The zero-order chi connectivity index (χ0) is 16.9. The summed E-state index contributed by atoms with van der Waals surface area (Å²) in [6.07, 6.45) is 1.70. The Hall–Kier alpha value is -2.61. The quantitative estimate of drug-likeness (QED) is 0.881. The fourth-order valence-corrected chi connectivity index (χ4v) is 2.58. The Morgan fingerprint density at radius 2 is 1.79 bits per heavy atom. The molecule has 1 aromatic heterocycles. The monoisotopic (exact) mass is 330 g/mol. The highest BCUT2D eigenvalue weighted by molar-refractivity contribution is 5.60. The molecule has 1 fully saturated rings. The molecule has 0 amide bonds. The van der Waals surface area contributed by atoms with E-state index in [0.29, 0.717) is 17.4 Å². The standard InChI is InChI=1S/C16H22N6O2/c1-21-6-8-22(9-7-21)15-11-17-20-16(19-15)18-12-4-5-13(23-2)14(10-12)24-3/h4-5,10-11H,6-9H2,1-3H3,(H,18,19,20). The maximum absolute atomic E-state index is 5.31. The van der Waals surface area contributed by atoms with E-state index in [9.17, 15) is 0 Å². The molecule has 1 aliphatic rings. The van der Waals surface area contributed by atoms with Gasteiger partial charge in [-0.3, -0.25) is 0 Å². The number of hydrogen-bond acceptors (Lipinski definition) is 8. The molecule has 0 bridgehead atoms. The number of nitrogens with zero attached hydrogens (tertiary/aromatic N) is 5. The van der Waals surface area contributed by atoms with E-state index in [0.717, 1.165) is 37.7 Å². The molecule has 0 unspecified atom stereocenters. The van der Waals surface area contributed by atoms with Gasteiger partial charge in [0, 0.05) is 37.9 Å². The molecule has 0 aliphatic carbocycles. The highest BCUT2D eigenvalue weighted by atomic mass is 16.5. The molecule has 1 saturated heterocycles. The predicted molar refractivity (Wildman–Crippen MR) is 92.4 cm³/mol. The molecule has 128 valence electrons. The van der Waals surface area contributed by atoms with Crippen molar-refractivity contribution in [3.05, 3.63) is 24.4 Å². The molecule has 0 radical (unpaired) electrons. The van der Waals surface area contributed by atoms with Gasteiger partial charge in [-0.2, -0.15) is 10.1 Å². The fourth-order valence-electron chi connectivity index (χ4n) is 2.58. The highest BCUT2D eigenvalue weighted by Crippen LogP contribution is 2.30. The summed E-state index contributed by atoms with van der Waals surface area (Å²) in [5.41, 5.74) is 0.810. The first-order valence-electron chi connectivity index (χ1n) is 7.82. The summed E-state index contributed by atoms with van der Waals surface area (Å²) >= 11 is 0. The van der Waals surface area contributed by atoms with Gasteiger partial charge < -0.3 is 24.6 Å². The minimum absolute atomic E-state index is 0.457. The first-order chi connectivity index (χ1) is 11.7. The topological polar surface area (TPSA) is 75.6 Å². The van der Waals surface area contributed by atoms with E-state index in [4.69, 9.17) is 9.47 Å². The van der Waals surface area contributed by atoms with Crippen molar-refractivity contribution in [2.75, 3.05) is 57.7 Å². The third-order valence-electron chi connectivity index (χ3n) is 4.01. The lowest BCUT2D eigenvalue weighted by Gasteiger charge is -2.32. The van der Waals surface area contributed by atoms with Crippen molar-refractivity contribution in [3.63, 3.8) is 0 Å². The van der Waals surface area contributed by atoms with Crippen LogP contribution in [-0.2, 0) is 0 Å². The number of rotatable bonds is 5. The van der Waals surface area contributed by atoms with Gasteiger partial charge in [0.05, 0.1) is 20.4 Å². The SMILES string of the molecule is COc1ccc(Nc2nncc(N3CCN(C)CC3)n2)cc1OC. The average molecular weight is 330 g/mol. The van der Waals surface area contributed by atoms with Gasteiger partial charge in [0.15, 0.2) is 17.3 Å². The van der Waals surface area contributed by atoms with E-state index in [1.165, 1.54) is 0 Å². The minimum atomic E-state index is 0.457. The molecule has 24 heavy (non-hydrogen) atoms. The maximum atomic E-state index is 5.31. The summed E-state index contributed by atoms with van der Waals surface area (Å²) in [5.74, 6) is 2.61. The molecule has 1 aliphatic heterocycles. The molecule has 0 spiro atoms. The van der Waals surface area contributed by atoms with Crippen molar-refractivity contribution >= 4 is 17.5 Å². The Kier molecular flexibility index (Phi) is 4.95. The van der Waals surface area contributed by atoms with Crippen molar-refractivity contribution in [3.8, 4) is 11.5 Å². The molecule has 1 N–H and O–H groups in total. The number of aromatic nitrogens is 3. The first-order valence-corrected chi connectivity index (χ1v) is 7.82. The molecule has 2 heterocycles. The second-order valence-electron chi connectivity index (χ2n) is 5.62. The molecule has 8 heteroatoms. The van der Waals surface area contributed by atoms with Crippen LogP contribution in [0, 0.1) is 0 Å². The van der Waals surface area contributed by atoms with Gasteiger partial charge in [-0.1, -0.05) is 0 Å². The van der Waals surface area contributed by atoms with Crippen LogP contribution >= 0.6 is 0 Å². The van der Waals surface area contributed by atoms with Crippen molar-refractivity contribution in [2.24, 2.45) is 0 Å². The summed E-state index contributed by atoms with van der Waals surface area (Å²) in [4.78, 5) is 9.08. The summed E-state index contributed by atoms with van der Waals surface area (Å²) in [6, 6.07) is 5.55. The van der Waals surface area contributed by atoms with Crippen LogP contribution in [-0.4, -0.2) is 67.5 Å². The number of ether oxygens (including phenoxy) is 2. The number of likely N-dealkylation sites (N-methyl/N-ethyl adjacent to an activating group) is 1. The molecule has 0 saturated carbocycles. The Bertz CT molecular complexity index is 688. The second-order valence-corrected chi connectivity index (χ2v) is 5.62. The van der Waals surface area contributed by atoms with Crippen LogP contribution < -0.4 is 19.7 Å². The van der Waals surface area contributed by atoms with Gasteiger partial charge in [-0.05, 0) is 19.2 Å². The Morgan fingerprint density at radius 1 is 1.04 bits per heavy atom. The number of benzene rings is 1. The Morgan fingerprint density at radius 3 is 2.50 bits per heavy atom. The lowest BCUT2D eigenvalue weighted by molar-refractivity contribution is 0.312. The number of anilines is 3. The Labute approximate surface area is 141 Å². The normalized spacial score (nSPS) is 15.2. The van der Waals surface area contributed by atoms with Crippen LogP contribution in [0.5, 0.6) is 11.5 Å². The lowest BCUT2D eigenvalue weighted by atomic mass is 10.3. The van der Waals surface area contributed by atoms with E-state index < -0.39 is 0 Å². The summed E-state index contributed by atoms with van der Waals surface area (Å²) in [5, 5.41) is 11.3. The van der Waals surface area contributed by atoms with Gasteiger partial charge in [-0.25, -0.2) is 0 Å². The van der Waals surface area contributed by atoms with Crippen molar-refractivity contribution < 1.29 is 9.47 Å². The third kappa shape index (κ3) is 3.65. The number of nitrogens with one attached hydrogen (secondary N) is 1. The van der Waals surface area contributed by atoms with Gasteiger partial charge in [0.25, 0.3) is 0 Å². The van der Waals surface area contributed by atoms with Gasteiger partial charge in [0.1, 0.15) is 0 Å². The summed E-state index contributed by atoms with van der Waals surface area (Å²) < 4.78 is 10.6. The van der Waals surface area contributed by atoms with Crippen LogP contribution in [0.25, 0.3) is 0 Å². The zero-order valence-corrected chi connectivity index (χ0v) is 14.2. The minimum Gasteiger partial charge on any atom is -0.493 e. The van der Waals surface area contributed by atoms with E-state index >= 15 is 0 Å². The highest BCUT2D eigenvalue weighted by Gasteiger charge is 2.16. The van der Waals surface area contributed by atoms with E-state index in [2.05, 4.69) is 37.3 Å². The van der Waals surface area contributed by atoms with Crippen LogP contribution in [0.4, 0.5) is 17.5 Å². The van der Waals surface area contributed by atoms with Crippen LogP contribution in [0.15, 0.2) is 24.4 Å². The van der Waals surface area contributed by atoms with Crippen molar-refractivity contribution in [1.82, 2.24) is 20.1 Å². The van der Waals surface area contributed by atoms with Gasteiger partial charge in [0.2, 0.25) is 5.95 Å². The number of hydrogen-bond donors (Lipinski definition) is 1. The number of methoxy groups -OCH3 is 2. The van der Waals surface area contributed by atoms with Crippen molar-refractivity contribution in [2.45, 2.75) is 0 Å². The van der Waals surface area contributed by atoms with Crippen LogP contribution in [0.3, 0.4) is 0 Å². The van der Waals surface area contributed by atoms with Crippen molar-refractivity contribution in [1.29, 1.82) is 0 Å². The number of piperazine rings is 1. The molecule has 0 atom stereocenters. The van der Waals surface area contributed by atoms with Gasteiger partial charge >= 0.3 is 0 Å². The molecule has 2 aromatic rings. The first kappa shape index (κ1) is 16.3. The second kappa shape index (κ2) is 7.31. The maximum Gasteiger partial charge on any atom is 0.249 e. The molecular formula is C16H22N6O2. The fraction of sp³-hybridized carbons (Fsp3) is 0.438. The van der Waals surface area contributed by atoms with E-state index in [1.54, 1.807) is 20.4 Å². The molecular weight excluding hydrogens is 308 g/mol. The molecule has 3 rings (SSSR count). The van der Waals surface area contributed by atoms with Crippen LogP contribution in [0.2, 0.25) is 0 Å². The molecule has 8 nitrogen and oxygen atoms in total. The van der Waals surface area contributed by atoms with Gasteiger partial charge in [-0.15, -0.1) is 5.10 Å². The smallest absolute Gasteiger partial charge is 0.249 e. The summed E-state index contributed by atoms with van der Waals surface area (Å²) in [6.45, 7) is 3.90. The lowest BCUT2D eigenvalue weighted by Crippen LogP contribution is -2.44. The average Bonchev–Trinajstić information content (AvgIpc) is 2.62. The zero-order valence-electron chi connectivity index (χ0n) is 14.2. The van der Waals surface area contributed by atoms with E-state index in [-0.39, 0.29) is 0 Å². The van der Waals surface area contributed by atoms with E-state index in [1.807, 2.05) is 18.2 Å². The Balaban J connectivity index is 1.75. The third-order valence-corrected chi connectivity index (χ3v) is 4.01.